The molecular weight excluding hydrogens is 184 g/mol. The van der Waals surface area contributed by atoms with E-state index in [1.807, 2.05) is 0 Å². The largest absolute Gasteiger partial charge is 0.344 e. The highest BCUT2D eigenvalue weighted by atomic mass is 14.9. The topological polar surface area (TPSA) is 28.7 Å². The van der Waals surface area contributed by atoms with Crippen molar-refractivity contribution in [3.05, 3.63) is 29.1 Å². The number of hydrogen-bond acceptors (Lipinski definition) is 1. The van der Waals surface area contributed by atoms with Crippen LogP contribution >= 0.6 is 0 Å². The second-order valence-electron chi connectivity index (χ2n) is 5.26. The minimum Gasteiger partial charge on any atom is -0.344 e. The number of aryl methyl sites for hydroxylation is 2. The van der Waals surface area contributed by atoms with Crippen LogP contribution in [0.2, 0.25) is 0 Å². The van der Waals surface area contributed by atoms with Gasteiger partial charge in [0.2, 0.25) is 0 Å². The number of fused-ring (bicyclic) bond motifs is 1. The lowest BCUT2D eigenvalue weighted by molar-refractivity contribution is 0.583. The van der Waals surface area contributed by atoms with Crippen molar-refractivity contribution in [1.29, 1.82) is 0 Å². The summed E-state index contributed by atoms with van der Waals surface area (Å²) in [6, 6.07) is 4.40. The predicted octanol–water partition coefficient (Wildman–Crippen LogP) is 3.48. The normalized spacial score (nSPS) is 12.3. The number of rotatable bonds is 0. The zero-order chi connectivity index (χ0) is 11.2. The molecule has 15 heavy (non-hydrogen) atoms. The summed E-state index contributed by atoms with van der Waals surface area (Å²) in [7, 11) is 0. The highest BCUT2D eigenvalue weighted by Crippen LogP contribution is 2.27. The van der Waals surface area contributed by atoms with Crippen LogP contribution in [0.4, 0.5) is 0 Å². The van der Waals surface area contributed by atoms with Gasteiger partial charge in [0.15, 0.2) is 0 Å². The van der Waals surface area contributed by atoms with Gasteiger partial charge in [0.25, 0.3) is 0 Å². The van der Waals surface area contributed by atoms with E-state index in [0.29, 0.717) is 0 Å². The Kier molecular flexibility index (Phi) is 2.10. The van der Waals surface area contributed by atoms with E-state index in [4.69, 9.17) is 0 Å². The zero-order valence-corrected chi connectivity index (χ0v) is 10.1. The second-order valence-corrected chi connectivity index (χ2v) is 5.26. The number of pyridine rings is 1. The lowest BCUT2D eigenvalue weighted by atomic mass is 9.85. The van der Waals surface area contributed by atoms with Crippen molar-refractivity contribution in [1.82, 2.24) is 9.97 Å². The minimum absolute atomic E-state index is 0.163. The molecule has 2 heterocycles. The Morgan fingerprint density at radius 3 is 2.40 bits per heavy atom. The Morgan fingerprint density at radius 2 is 1.80 bits per heavy atom. The molecule has 0 amide bonds. The van der Waals surface area contributed by atoms with Crippen molar-refractivity contribution in [2.24, 2.45) is 0 Å². The Balaban J connectivity index is 2.72. The molecule has 0 saturated heterocycles. The maximum atomic E-state index is 4.61. The van der Waals surface area contributed by atoms with E-state index >= 15 is 0 Å². The van der Waals surface area contributed by atoms with Crippen LogP contribution in [0, 0.1) is 13.8 Å². The molecule has 2 nitrogen and oxygen atoms in total. The average Bonchev–Trinajstić information content (AvgIpc) is 2.40. The summed E-state index contributed by atoms with van der Waals surface area (Å²) in [5, 5.41) is 1.21. The Labute approximate surface area is 90.7 Å². The van der Waals surface area contributed by atoms with E-state index in [0.717, 1.165) is 11.3 Å². The van der Waals surface area contributed by atoms with Crippen molar-refractivity contribution in [3.63, 3.8) is 0 Å². The summed E-state index contributed by atoms with van der Waals surface area (Å²) in [5.41, 5.74) is 4.78. The molecule has 0 aliphatic rings. The third-order valence-corrected chi connectivity index (χ3v) is 2.74. The molecule has 80 valence electrons. The first kappa shape index (κ1) is 10.2. The van der Waals surface area contributed by atoms with Gasteiger partial charge < -0.3 is 4.98 Å². The number of nitrogens with zero attached hydrogens (tertiary/aromatic N) is 1. The fraction of sp³-hybridized carbons (Fsp3) is 0.462. The fourth-order valence-electron chi connectivity index (χ4n) is 2.05. The molecule has 2 aromatic rings. The highest BCUT2D eigenvalue weighted by molar-refractivity contribution is 5.78. The van der Waals surface area contributed by atoms with Gasteiger partial charge in [0.1, 0.15) is 5.65 Å². The molecular formula is C13H18N2. The first-order chi connectivity index (χ1) is 6.88. The van der Waals surface area contributed by atoms with Crippen molar-refractivity contribution in [2.45, 2.75) is 40.0 Å². The molecule has 0 saturated carbocycles. The van der Waals surface area contributed by atoms with Crippen molar-refractivity contribution in [2.75, 3.05) is 0 Å². The summed E-state index contributed by atoms with van der Waals surface area (Å²) < 4.78 is 0. The van der Waals surface area contributed by atoms with Crippen LogP contribution in [-0.4, -0.2) is 9.97 Å². The number of nitrogens with one attached hydrogen (secondary N) is 1. The quantitative estimate of drug-likeness (QED) is 0.696. The summed E-state index contributed by atoms with van der Waals surface area (Å²) in [5.74, 6) is 0. The molecule has 0 bridgehead atoms. The molecule has 2 aromatic heterocycles. The summed E-state index contributed by atoms with van der Waals surface area (Å²) in [4.78, 5) is 7.87. The van der Waals surface area contributed by atoms with Gasteiger partial charge in [-0.15, -0.1) is 0 Å². The van der Waals surface area contributed by atoms with Crippen LogP contribution in [0.5, 0.6) is 0 Å². The van der Waals surface area contributed by atoms with Crippen molar-refractivity contribution < 1.29 is 0 Å². The summed E-state index contributed by atoms with van der Waals surface area (Å²) >= 11 is 0. The average molecular weight is 202 g/mol. The van der Waals surface area contributed by atoms with E-state index in [2.05, 4.69) is 56.7 Å². The molecule has 0 aliphatic heterocycles. The van der Waals surface area contributed by atoms with Crippen LogP contribution < -0.4 is 0 Å². The van der Waals surface area contributed by atoms with Gasteiger partial charge in [-0.25, -0.2) is 4.98 Å². The van der Waals surface area contributed by atoms with Gasteiger partial charge in [0.05, 0.1) is 0 Å². The zero-order valence-electron chi connectivity index (χ0n) is 10.1. The fourth-order valence-corrected chi connectivity index (χ4v) is 2.05. The number of aromatic amines is 1. The predicted molar refractivity (Wildman–Crippen MR) is 64.3 cm³/mol. The summed E-state index contributed by atoms with van der Waals surface area (Å²) in [6.45, 7) is 10.8. The van der Waals surface area contributed by atoms with Crippen LogP contribution in [0.1, 0.15) is 37.7 Å². The molecule has 0 spiro atoms. The van der Waals surface area contributed by atoms with Gasteiger partial charge in [-0.3, -0.25) is 0 Å². The van der Waals surface area contributed by atoms with E-state index in [-0.39, 0.29) is 5.41 Å². The van der Waals surface area contributed by atoms with Gasteiger partial charge in [0, 0.05) is 16.8 Å². The molecule has 0 fully saturated rings. The van der Waals surface area contributed by atoms with Gasteiger partial charge in [-0.2, -0.15) is 0 Å². The maximum absolute atomic E-state index is 4.61. The minimum atomic E-state index is 0.163. The molecule has 0 unspecified atom stereocenters. The number of aromatic nitrogens is 2. The number of H-pyrrole nitrogens is 1. The van der Waals surface area contributed by atoms with Crippen molar-refractivity contribution >= 4 is 11.0 Å². The lowest BCUT2D eigenvalue weighted by Gasteiger charge is -2.20. The van der Waals surface area contributed by atoms with E-state index in [1.54, 1.807) is 0 Å². The monoisotopic (exact) mass is 202 g/mol. The van der Waals surface area contributed by atoms with Crippen molar-refractivity contribution in [3.8, 4) is 0 Å². The second kappa shape index (κ2) is 3.09. The standard InChI is InChI=1S/C13H18N2/c1-8-6-10-7-11(13(3,4)5)9(2)15-12(10)14-8/h6-7H,1-5H3,(H,14,15). The molecule has 0 aromatic carbocycles. The van der Waals surface area contributed by atoms with Crippen LogP contribution in [0.15, 0.2) is 12.1 Å². The van der Waals surface area contributed by atoms with E-state index in [1.165, 1.54) is 16.6 Å². The van der Waals surface area contributed by atoms with Crippen LogP contribution in [0.25, 0.3) is 11.0 Å². The smallest absolute Gasteiger partial charge is 0.137 e. The third-order valence-electron chi connectivity index (χ3n) is 2.74. The molecule has 1 N–H and O–H groups in total. The third kappa shape index (κ3) is 1.76. The molecule has 2 rings (SSSR count). The first-order valence-corrected chi connectivity index (χ1v) is 5.35. The maximum Gasteiger partial charge on any atom is 0.137 e. The van der Waals surface area contributed by atoms with Gasteiger partial charge >= 0.3 is 0 Å². The molecule has 0 aliphatic carbocycles. The summed E-state index contributed by atoms with van der Waals surface area (Å²) in [6.07, 6.45) is 0. The Hall–Kier alpha value is -1.31. The Bertz CT molecular complexity index is 501. The highest BCUT2D eigenvalue weighted by Gasteiger charge is 2.18. The van der Waals surface area contributed by atoms with Crippen LogP contribution in [-0.2, 0) is 5.41 Å². The van der Waals surface area contributed by atoms with Crippen LogP contribution in [0.3, 0.4) is 0 Å². The molecule has 2 heteroatoms. The number of hydrogen-bond donors (Lipinski definition) is 1. The van der Waals surface area contributed by atoms with E-state index < -0.39 is 0 Å². The lowest BCUT2D eigenvalue weighted by Crippen LogP contribution is -2.13. The first-order valence-electron chi connectivity index (χ1n) is 5.35. The van der Waals surface area contributed by atoms with E-state index in [9.17, 15) is 0 Å². The Morgan fingerprint density at radius 1 is 1.13 bits per heavy atom. The SMILES string of the molecule is Cc1cc2cc(C(C)(C)C)c(C)nc2[nH]1. The van der Waals surface area contributed by atoms with Gasteiger partial charge in [-0.1, -0.05) is 20.8 Å². The molecule has 0 radical (unpaired) electrons. The molecule has 0 atom stereocenters. The van der Waals surface area contributed by atoms with Gasteiger partial charge in [-0.05, 0) is 37.0 Å².